The van der Waals surface area contributed by atoms with E-state index in [-0.39, 0.29) is 5.54 Å². The van der Waals surface area contributed by atoms with Gasteiger partial charge in [-0.1, -0.05) is 0 Å². The molecule has 4 rings (SSSR count). The molecule has 20 heavy (non-hydrogen) atoms. The first-order valence-electron chi connectivity index (χ1n) is 8.88. The van der Waals surface area contributed by atoms with E-state index in [0.29, 0.717) is 12.6 Å². The van der Waals surface area contributed by atoms with E-state index in [0.717, 1.165) is 24.3 Å². The minimum atomic E-state index is 0.0188. The number of aliphatic hydroxyl groups excluding tert-OH is 1. The first-order chi connectivity index (χ1) is 9.77. The van der Waals surface area contributed by atoms with Gasteiger partial charge in [0.05, 0.1) is 12.1 Å². The maximum atomic E-state index is 10.1. The van der Waals surface area contributed by atoms with Crippen LogP contribution in [0, 0.1) is 17.8 Å². The minimum Gasteiger partial charge on any atom is -0.394 e. The molecular weight excluding hydrogens is 248 g/mol. The van der Waals surface area contributed by atoms with Crippen molar-refractivity contribution in [3.05, 3.63) is 0 Å². The van der Waals surface area contributed by atoms with Crippen LogP contribution in [-0.2, 0) is 0 Å². The van der Waals surface area contributed by atoms with Crippen LogP contribution in [0.3, 0.4) is 0 Å². The van der Waals surface area contributed by atoms with E-state index in [9.17, 15) is 5.11 Å². The van der Waals surface area contributed by atoms with Crippen molar-refractivity contribution in [1.82, 2.24) is 10.2 Å². The third-order valence-corrected chi connectivity index (χ3v) is 5.64. The average Bonchev–Trinajstić information content (AvgIpc) is 3.21. The zero-order chi connectivity index (χ0) is 13.6. The topological polar surface area (TPSA) is 35.5 Å². The van der Waals surface area contributed by atoms with Gasteiger partial charge >= 0.3 is 0 Å². The molecule has 4 aliphatic rings. The lowest BCUT2D eigenvalue weighted by atomic mass is 9.92. The van der Waals surface area contributed by atoms with Crippen molar-refractivity contribution in [2.45, 2.75) is 62.9 Å². The van der Waals surface area contributed by atoms with Crippen molar-refractivity contribution in [3.8, 4) is 0 Å². The normalized spacial score (nSPS) is 29.7. The third-order valence-electron chi connectivity index (χ3n) is 5.64. The maximum absolute atomic E-state index is 10.1. The van der Waals surface area contributed by atoms with Crippen molar-refractivity contribution < 1.29 is 5.11 Å². The highest BCUT2D eigenvalue weighted by atomic mass is 16.3. The molecule has 0 aromatic carbocycles. The Balaban J connectivity index is 1.41. The number of nitrogens with zero attached hydrogens (tertiary/aromatic N) is 1. The quantitative estimate of drug-likeness (QED) is 0.641. The second kappa shape index (κ2) is 5.26. The predicted octanol–water partition coefficient (Wildman–Crippen LogP) is 2.00. The van der Waals surface area contributed by atoms with Crippen LogP contribution in [0.4, 0.5) is 0 Å². The van der Waals surface area contributed by atoms with Gasteiger partial charge in [0.15, 0.2) is 0 Å². The average molecular weight is 278 g/mol. The second-order valence-corrected chi connectivity index (χ2v) is 8.09. The highest BCUT2D eigenvalue weighted by Crippen LogP contribution is 2.43. The fourth-order valence-corrected chi connectivity index (χ4v) is 3.72. The molecule has 0 aliphatic heterocycles. The van der Waals surface area contributed by atoms with E-state index >= 15 is 0 Å². The Morgan fingerprint density at radius 3 is 1.90 bits per heavy atom. The Morgan fingerprint density at radius 1 is 0.900 bits per heavy atom. The minimum absolute atomic E-state index is 0.0188. The van der Waals surface area contributed by atoms with Gasteiger partial charge in [0, 0.05) is 25.7 Å². The number of rotatable bonds is 10. The standard InChI is InChI=1S/C17H30N2O/c20-12-17(15-5-6-15,18-16-7-8-16)11-19(9-13-1-2-13)10-14-3-4-14/h13-16,18,20H,1-12H2. The Kier molecular flexibility index (Phi) is 3.56. The van der Waals surface area contributed by atoms with Gasteiger partial charge in [-0.3, -0.25) is 0 Å². The number of hydrogen-bond donors (Lipinski definition) is 2. The summed E-state index contributed by atoms with van der Waals surface area (Å²) in [7, 11) is 0. The van der Waals surface area contributed by atoms with Gasteiger partial charge in [-0.25, -0.2) is 0 Å². The van der Waals surface area contributed by atoms with Crippen molar-refractivity contribution >= 4 is 0 Å². The van der Waals surface area contributed by atoms with Gasteiger partial charge in [-0.2, -0.15) is 0 Å². The molecule has 1 unspecified atom stereocenters. The van der Waals surface area contributed by atoms with Gasteiger partial charge in [0.1, 0.15) is 0 Å². The fraction of sp³-hybridized carbons (Fsp3) is 1.00. The van der Waals surface area contributed by atoms with Crippen molar-refractivity contribution in [2.75, 3.05) is 26.2 Å². The Labute approximate surface area is 123 Å². The molecule has 4 aliphatic carbocycles. The number of aliphatic hydroxyl groups is 1. The van der Waals surface area contributed by atoms with Crippen molar-refractivity contribution in [1.29, 1.82) is 0 Å². The summed E-state index contributed by atoms with van der Waals surface area (Å²) in [5.41, 5.74) is 0.0188. The highest BCUT2D eigenvalue weighted by molar-refractivity contribution is 5.06. The second-order valence-electron chi connectivity index (χ2n) is 8.09. The van der Waals surface area contributed by atoms with Crippen LogP contribution in [0.1, 0.15) is 51.4 Å². The monoisotopic (exact) mass is 278 g/mol. The zero-order valence-corrected chi connectivity index (χ0v) is 12.7. The van der Waals surface area contributed by atoms with E-state index in [1.807, 2.05) is 0 Å². The number of nitrogens with one attached hydrogen (secondary N) is 1. The first-order valence-corrected chi connectivity index (χ1v) is 8.88. The van der Waals surface area contributed by atoms with Gasteiger partial charge in [-0.15, -0.1) is 0 Å². The molecule has 0 saturated heterocycles. The molecular formula is C17H30N2O. The van der Waals surface area contributed by atoms with E-state index in [1.54, 1.807) is 0 Å². The summed E-state index contributed by atoms with van der Waals surface area (Å²) in [6.07, 6.45) is 11.0. The third kappa shape index (κ3) is 3.37. The van der Waals surface area contributed by atoms with Crippen LogP contribution in [-0.4, -0.2) is 47.8 Å². The lowest BCUT2D eigenvalue weighted by Gasteiger charge is -2.39. The van der Waals surface area contributed by atoms with Crippen LogP contribution in [0.2, 0.25) is 0 Å². The SMILES string of the molecule is OCC(CN(CC1CC1)CC1CC1)(NC1CC1)C1CC1. The molecule has 0 amide bonds. The Morgan fingerprint density at radius 2 is 1.50 bits per heavy atom. The first kappa shape index (κ1) is 13.5. The Bertz CT molecular complexity index is 331. The smallest absolute Gasteiger partial charge is 0.0628 e. The van der Waals surface area contributed by atoms with E-state index in [2.05, 4.69) is 10.2 Å². The molecule has 3 heteroatoms. The molecule has 0 heterocycles. The maximum Gasteiger partial charge on any atom is 0.0628 e. The van der Waals surface area contributed by atoms with E-state index in [4.69, 9.17) is 0 Å². The van der Waals surface area contributed by atoms with Crippen LogP contribution in [0.25, 0.3) is 0 Å². The molecule has 0 radical (unpaired) electrons. The summed E-state index contributed by atoms with van der Waals surface area (Å²) in [5, 5.41) is 14.0. The van der Waals surface area contributed by atoms with E-state index < -0.39 is 0 Å². The molecule has 114 valence electrons. The van der Waals surface area contributed by atoms with Gasteiger partial charge < -0.3 is 15.3 Å². The molecule has 2 N–H and O–H groups in total. The largest absolute Gasteiger partial charge is 0.394 e. The van der Waals surface area contributed by atoms with Gasteiger partial charge in [0.2, 0.25) is 0 Å². The fourth-order valence-electron chi connectivity index (χ4n) is 3.72. The molecule has 0 aromatic rings. The lowest BCUT2D eigenvalue weighted by Crippen LogP contribution is -2.59. The summed E-state index contributed by atoms with van der Waals surface area (Å²) >= 11 is 0. The lowest BCUT2D eigenvalue weighted by molar-refractivity contribution is 0.0842. The summed E-state index contributed by atoms with van der Waals surface area (Å²) in [5.74, 6) is 2.66. The summed E-state index contributed by atoms with van der Waals surface area (Å²) in [6.45, 7) is 4.01. The van der Waals surface area contributed by atoms with Crippen molar-refractivity contribution in [2.24, 2.45) is 17.8 Å². The molecule has 4 fully saturated rings. The number of hydrogen-bond acceptors (Lipinski definition) is 3. The summed E-state index contributed by atoms with van der Waals surface area (Å²) in [4.78, 5) is 2.71. The van der Waals surface area contributed by atoms with Crippen LogP contribution >= 0.6 is 0 Å². The molecule has 0 bridgehead atoms. The van der Waals surface area contributed by atoms with Crippen LogP contribution in [0.15, 0.2) is 0 Å². The van der Waals surface area contributed by atoms with E-state index in [1.165, 1.54) is 64.5 Å². The highest BCUT2D eigenvalue weighted by Gasteiger charge is 2.48. The predicted molar refractivity (Wildman–Crippen MR) is 80.6 cm³/mol. The van der Waals surface area contributed by atoms with Gasteiger partial charge in [0.25, 0.3) is 0 Å². The molecule has 3 nitrogen and oxygen atoms in total. The van der Waals surface area contributed by atoms with Crippen LogP contribution in [0.5, 0.6) is 0 Å². The zero-order valence-electron chi connectivity index (χ0n) is 12.7. The molecule has 4 saturated carbocycles. The summed E-state index contributed by atoms with van der Waals surface area (Å²) in [6, 6.07) is 0.700. The van der Waals surface area contributed by atoms with Gasteiger partial charge in [-0.05, 0) is 69.1 Å². The van der Waals surface area contributed by atoms with Crippen molar-refractivity contribution in [3.63, 3.8) is 0 Å². The van der Waals surface area contributed by atoms with Crippen LogP contribution < -0.4 is 5.32 Å². The molecule has 0 aromatic heterocycles. The Hall–Kier alpha value is -0.120. The molecule has 0 spiro atoms. The molecule has 1 atom stereocenters. The summed E-state index contributed by atoms with van der Waals surface area (Å²) < 4.78 is 0.